The molecule has 26 heavy (non-hydrogen) atoms. The first-order chi connectivity index (χ1) is 12.6. The SMILES string of the molecule is COc1cc(CNn2c(C)n[nH]c2=S)ccc1OCc1ccccc1Cl. The summed E-state index contributed by atoms with van der Waals surface area (Å²) >= 11 is 11.3. The van der Waals surface area contributed by atoms with Crippen molar-refractivity contribution in [2.45, 2.75) is 20.1 Å². The normalized spacial score (nSPS) is 10.6. The molecule has 0 spiro atoms. The number of nitrogens with one attached hydrogen (secondary N) is 2. The largest absolute Gasteiger partial charge is 0.493 e. The molecule has 3 aromatic rings. The van der Waals surface area contributed by atoms with Crippen LogP contribution in [0.1, 0.15) is 17.0 Å². The zero-order valence-corrected chi connectivity index (χ0v) is 16.0. The lowest BCUT2D eigenvalue weighted by Gasteiger charge is -2.14. The van der Waals surface area contributed by atoms with Crippen LogP contribution < -0.4 is 14.9 Å². The molecule has 0 atom stereocenters. The highest BCUT2D eigenvalue weighted by atomic mass is 35.5. The van der Waals surface area contributed by atoms with Crippen molar-refractivity contribution in [2.75, 3.05) is 12.5 Å². The standard InChI is InChI=1S/C18H19ClN4O2S/c1-12-21-22-18(26)23(12)20-10-13-7-8-16(17(9-13)24-2)25-11-14-5-3-4-6-15(14)19/h3-9,20H,10-11H2,1-2H3,(H,22,26). The van der Waals surface area contributed by atoms with E-state index < -0.39 is 0 Å². The number of aromatic amines is 1. The van der Waals surface area contributed by atoms with Gasteiger partial charge in [-0.25, -0.2) is 4.68 Å². The fraction of sp³-hybridized carbons (Fsp3) is 0.222. The third-order valence-corrected chi connectivity index (χ3v) is 4.49. The fourth-order valence-corrected chi connectivity index (χ4v) is 2.88. The van der Waals surface area contributed by atoms with E-state index in [0.717, 1.165) is 17.0 Å². The van der Waals surface area contributed by atoms with E-state index in [1.165, 1.54) is 0 Å². The van der Waals surface area contributed by atoms with E-state index >= 15 is 0 Å². The number of aryl methyl sites for hydroxylation is 1. The number of ether oxygens (including phenoxy) is 2. The number of halogens is 1. The van der Waals surface area contributed by atoms with Gasteiger partial charge in [0.1, 0.15) is 12.4 Å². The first kappa shape index (κ1) is 18.3. The van der Waals surface area contributed by atoms with E-state index in [1.807, 2.05) is 49.4 Å². The lowest BCUT2D eigenvalue weighted by Crippen LogP contribution is -2.16. The predicted octanol–water partition coefficient (Wildman–Crippen LogP) is 4.23. The van der Waals surface area contributed by atoms with Gasteiger partial charge in [-0.05, 0) is 42.9 Å². The van der Waals surface area contributed by atoms with Crippen LogP contribution in [0.3, 0.4) is 0 Å². The summed E-state index contributed by atoms with van der Waals surface area (Å²) in [6, 6.07) is 13.4. The molecule has 6 nitrogen and oxygen atoms in total. The third kappa shape index (κ3) is 4.17. The van der Waals surface area contributed by atoms with E-state index in [-0.39, 0.29) is 0 Å². The van der Waals surface area contributed by atoms with E-state index in [2.05, 4.69) is 15.6 Å². The molecule has 2 aromatic carbocycles. The number of hydrogen-bond donors (Lipinski definition) is 2. The van der Waals surface area contributed by atoms with Crippen molar-refractivity contribution in [3.63, 3.8) is 0 Å². The second-order valence-electron chi connectivity index (χ2n) is 5.61. The average Bonchev–Trinajstić information content (AvgIpc) is 2.97. The molecule has 0 bridgehead atoms. The van der Waals surface area contributed by atoms with Gasteiger partial charge in [0.05, 0.1) is 13.7 Å². The van der Waals surface area contributed by atoms with Crippen LogP contribution in [0, 0.1) is 11.7 Å². The van der Waals surface area contributed by atoms with E-state index in [4.69, 9.17) is 33.3 Å². The number of nitrogens with zero attached hydrogens (tertiary/aromatic N) is 2. The molecule has 0 radical (unpaired) electrons. The molecule has 3 rings (SSSR count). The number of rotatable bonds is 7. The highest BCUT2D eigenvalue weighted by Crippen LogP contribution is 2.29. The summed E-state index contributed by atoms with van der Waals surface area (Å²) in [5.41, 5.74) is 5.16. The minimum Gasteiger partial charge on any atom is -0.493 e. The monoisotopic (exact) mass is 390 g/mol. The zero-order chi connectivity index (χ0) is 18.5. The average molecular weight is 391 g/mol. The maximum Gasteiger partial charge on any atom is 0.214 e. The van der Waals surface area contributed by atoms with Crippen LogP contribution in [0.5, 0.6) is 11.5 Å². The maximum atomic E-state index is 6.17. The van der Waals surface area contributed by atoms with Gasteiger partial charge in [0.15, 0.2) is 11.5 Å². The van der Waals surface area contributed by atoms with Gasteiger partial charge in [0, 0.05) is 10.6 Å². The Kier molecular flexibility index (Phi) is 5.80. The summed E-state index contributed by atoms with van der Waals surface area (Å²) in [6.45, 7) is 2.80. The Bertz CT molecular complexity index is 954. The van der Waals surface area contributed by atoms with Crippen LogP contribution in [-0.2, 0) is 13.2 Å². The number of aromatic nitrogens is 3. The Morgan fingerprint density at radius 1 is 1.23 bits per heavy atom. The lowest BCUT2D eigenvalue weighted by atomic mass is 10.2. The van der Waals surface area contributed by atoms with Gasteiger partial charge in [0.25, 0.3) is 0 Å². The molecule has 0 saturated carbocycles. The van der Waals surface area contributed by atoms with Crippen molar-refractivity contribution in [3.8, 4) is 11.5 Å². The summed E-state index contributed by atoms with van der Waals surface area (Å²) < 4.78 is 13.6. The van der Waals surface area contributed by atoms with Crippen molar-refractivity contribution in [2.24, 2.45) is 0 Å². The van der Waals surface area contributed by atoms with E-state index in [0.29, 0.717) is 34.4 Å². The van der Waals surface area contributed by atoms with Gasteiger partial charge in [-0.3, -0.25) is 5.10 Å². The number of H-pyrrole nitrogens is 1. The smallest absolute Gasteiger partial charge is 0.214 e. The molecule has 0 fully saturated rings. The maximum absolute atomic E-state index is 6.17. The molecular formula is C18H19ClN4O2S. The van der Waals surface area contributed by atoms with Crippen molar-refractivity contribution >= 4 is 23.8 Å². The molecule has 1 heterocycles. The zero-order valence-electron chi connectivity index (χ0n) is 14.5. The number of methoxy groups -OCH3 is 1. The van der Waals surface area contributed by atoms with Gasteiger partial charge in [0.2, 0.25) is 4.77 Å². The van der Waals surface area contributed by atoms with Gasteiger partial charge < -0.3 is 14.9 Å². The van der Waals surface area contributed by atoms with Crippen molar-refractivity contribution in [1.82, 2.24) is 14.9 Å². The van der Waals surface area contributed by atoms with Crippen LogP contribution in [0.15, 0.2) is 42.5 Å². The molecular weight excluding hydrogens is 372 g/mol. The molecule has 0 amide bonds. The minimum absolute atomic E-state index is 0.372. The quantitative estimate of drug-likeness (QED) is 0.591. The molecule has 0 aliphatic rings. The summed E-state index contributed by atoms with van der Waals surface area (Å²) in [4.78, 5) is 0. The predicted molar refractivity (Wildman–Crippen MR) is 104 cm³/mol. The van der Waals surface area contributed by atoms with Crippen molar-refractivity contribution in [1.29, 1.82) is 0 Å². The summed E-state index contributed by atoms with van der Waals surface area (Å²) in [5.74, 6) is 2.08. The van der Waals surface area contributed by atoms with Gasteiger partial charge >= 0.3 is 0 Å². The van der Waals surface area contributed by atoms with Crippen LogP contribution in [0.4, 0.5) is 0 Å². The van der Waals surface area contributed by atoms with Crippen LogP contribution in [-0.4, -0.2) is 22.0 Å². The lowest BCUT2D eigenvalue weighted by molar-refractivity contribution is 0.284. The third-order valence-electron chi connectivity index (χ3n) is 3.85. The minimum atomic E-state index is 0.372. The molecule has 0 aliphatic carbocycles. The Hall–Kier alpha value is -2.51. The molecule has 136 valence electrons. The first-order valence-electron chi connectivity index (χ1n) is 7.99. The highest BCUT2D eigenvalue weighted by Gasteiger charge is 2.08. The summed E-state index contributed by atoms with van der Waals surface area (Å²) in [7, 11) is 1.62. The van der Waals surface area contributed by atoms with E-state index in [9.17, 15) is 0 Å². The number of hydrogen-bond acceptors (Lipinski definition) is 5. The van der Waals surface area contributed by atoms with E-state index in [1.54, 1.807) is 11.8 Å². The Morgan fingerprint density at radius 3 is 2.73 bits per heavy atom. The molecule has 0 saturated heterocycles. The second-order valence-corrected chi connectivity index (χ2v) is 6.41. The highest BCUT2D eigenvalue weighted by molar-refractivity contribution is 7.71. The number of benzene rings is 2. The van der Waals surface area contributed by atoms with Crippen LogP contribution in [0.2, 0.25) is 5.02 Å². The second kappa shape index (κ2) is 8.25. The van der Waals surface area contributed by atoms with Crippen LogP contribution in [0.25, 0.3) is 0 Å². The van der Waals surface area contributed by atoms with Gasteiger partial charge in [-0.15, -0.1) is 0 Å². The van der Waals surface area contributed by atoms with Gasteiger partial charge in [-0.1, -0.05) is 35.9 Å². The molecule has 8 heteroatoms. The fourth-order valence-electron chi connectivity index (χ4n) is 2.44. The Balaban J connectivity index is 1.69. The summed E-state index contributed by atoms with van der Waals surface area (Å²) in [5, 5.41) is 7.48. The molecule has 1 aromatic heterocycles. The molecule has 2 N–H and O–H groups in total. The Labute approximate surface area is 161 Å². The van der Waals surface area contributed by atoms with Crippen molar-refractivity contribution < 1.29 is 9.47 Å². The van der Waals surface area contributed by atoms with Crippen molar-refractivity contribution in [3.05, 3.63) is 69.2 Å². The summed E-state index contributed by atoms with van der Waals surface area (Å²) in [6.07, 6.45) is 0. The molecule has 0 unspecified atom stereocenters. The topological polar surface area (TPSA) is 64.1 Å². The van der Waals surface area contributed by atoms with Gasteiger partial charge in [-0.2, -0.15) is 5.10 Å². The van der Waals surface area contributed by atoms with Crippen LogP contribution >= 0.6 is 23.8 Å². The first-order valence-corrected chi connectivity index (χ1v) is 8.78. The molecule has 0 aliphatic heterocycles. The Morgan fingerprint density at radius 2 is 2.04 bits per heavy atom.